The highest BCUT2D eigenvalue weighted by Gasteiger charge is 2.60. The average molecular weight is 305 g/mol. The Balaban J connectivity index is 2.77. The second-order valence-corrected chi connectivity index (χ2v) is 4.05. The van der Waals surface area contributed by atoms with Crippen LogP contribution in [0.3, 0.4) is 0 Å². The summed E-state index contributed by atoms with van der Waals surface area (Å²) < 4.78 is 78.9. The van der Waals surface area contributed by atoms with Gasteiger partial charge in [0.25, 0.3) is 0 Å². The fraction of sp³-hybridized carbons (Fsp3) is 0.800. The van der Waals surface area contributed by atoms with Gasteiger partial charge in [-0.05, 0) is 13.0 Å². The van der Waals surface area contributed by atoms with Gasteiger partial charge in [0.05, 0.1) is 0 Å². The van der Waals surface area contributed by atoms with Crippen LogP contribution in [-0.2, 0) is 6.42 Å². The number of halogens is 6. The molecule has 1 heterocycles. The first-order chi connectivity index (χ1) is 9.16. The first kappa shape index (κ1) is 16.7. The molecule has 0 atom stereocenters. The summed E-state index contributed by atoms with van der Waals surface area (Å²) in [4.78, 5) is 0. The quantitative estimate of drug-likeness (QED) is 0.648. The predicted octanol–water partition coefficient (Wildman–Crippen LogP) is 2.82. The van der Waals surface area contributed by atoms with Crippen molar-refractivity contribution in [1.82, 2.24) is 15.5 Å². The molecule has 0 aliphatic carbocycles. The summed E-state index contributed by atoms with van der Waals surface area (Å²) in [6, 6.07) is 0. The van der Waals surface area contributed by atoms with Gasteiger partial charge in [-0.3, -0.25) is 0 Å². The van der Waals surface area contributed by atoms with Crippen LogP contribution >= 0.6 is 0 Å². The van der Waals surface area contributed by atoms with E-state index in [-0.39, 0.29) is 12.3 Å². The fourth-order valence-corrected chi connectivity index (χ4v) is 1.45. The second kappa shape index (κ2) is 6.42. The van der Waals surface area contributed by atoms with Crippen molar-refractivity contribution in [1.29, 1.82) is 0 Å². The molecule has 0 saturated carbocycles. The smallest absolute Gasteiger partial charge is 0.409 e. The van der Waals surface area contributed by atoms with Gasteiger partial charge in [-0.25, -0.2) is 0 Å². The third-order valence-corrected chi connectivity index (χ3v) is 2.33. The van der Waals surface area contributed by atoms with Crippen LogP contribution in [0.25, 0.3) is 0 Å². The van der Waals surface area contributed by atoms with E-state index < -0.39 is 24.2 Å². The minimum absolute atomic E-state index is 0.0649. The third kappa shape index (κ3) is 4.66. The summed E-state index contributed by atoms with van der Waals surface area (Å²) in [5.74, 6) is -5.49. The normalized spacial score (nSPS) is 13.2. The van der Waals surface area contributed by atoms with Gasteiger partial charge in [-0.2, -0.15) is 26.3 Å². The van der Waals surface area contributed by atoms with Crippen molar-refractivity contribution in [3.63, 3.8) is 0 Å². The van der Waals surface area contributed by atoms with Crippen molar-refractivity contribution in [2.75, 3.05) is 13.1 Å². The highest BCUT2D eigenvalue weighted by Crippen LogP contribution is 2.45. The molecule has 1 aromatic rings. The van der Waals surface area contributed by atoms with Crippen LogP contribution in [0.5, 0.6) is 0 Å². The molecule has 0 bridgehead atoms. The number of rotatable bonds is 6. The van der Waals surface area contributed by atoms with Crippen molar-refractivity contribution < 1.29 is 30.8 Å². The van der Waals surface area contributed by atoms with Gasteiger partial charge in [0.2, 0.25) is 17.7 Å². The summed E-state index contributed by atoms with van der Waals surface area (Å²) in [5, 5.41) is 8.98. The predicted molar refractivity (Wildman–Crippen MR) is 56.0 cm³/mol. The Morgan fingerprint density at radius 2 is 1.65 bits per heavy atom. The number of nitrogens with zero attached hydrogens (tertiary/aromatic N) is 2. The average Bonchev–Trinajstić information content (AvgIpc) is 2.68. The van der Waals surface area contributed by atoms with E-state index in [1.807, 2.05) is 6.92 Å². The number of nitrogens with one attached hydrogen (secondary N) is 1. The SMILES string of the molecule is CCCNCCc1nnc(C(C(F)(F)F)C(F)(F)F)o1. The zero-order chi connectivity index (χ0) is 15.4. The lowest BCUT2D eigenvalue weighted by Crippen LogP contribution is -2.34. The summed E-state index contributed by atoms with van der Waals surface area (Å²) in [6.45, 7) is 2.92. The Morgan fingerprint density at radius 3 is 2.15 bits per heavy atom. The van der Waals surface area contributed by atoms with Gasteiger partial charge in [-0.1, -0.05) is 6.92 Å². The van der Waals surface area contributed by atoms with Crippen LogP contribution in [0, 0.1) is 0 Å². The Bertz CT molecular complexity index is 400. The molecule has 0 spiro atoms. The van der Waals surface area contributed by atoms with Crippen molar-refractivity contribution >= 4 is 0 Å². The lowest BCUT2D eigenvalue weighted by atomic mass is 10.1. The van der Waals surface area contributed by atoms with Gasteiger partial charge in [-0.15, -0.1) is 10.2 Å². The molecule has 1 aromatic heterocycles. The molecule has 116 valence electrons. The zero-order valence-electron chi connectivity index (χ0n) is 10.5. The van der Waals surface area contributed by atoms with Crippen LogP contribution in [0.1, 0.15) is 31.0 Å². The Hall–Kier alpha value is -1.32. The number of alkyl halides is 6. The monoisotopic (exact) mass is 305 g/mol. The maximum atomic E-state index is 12.4. The first-order valence-electron chi connectivity index (χ1n) is 5.82. The molecular formula is C10H13F6N3O. The minimum atomic E-state index is -5.53. The standard InChI is InChI=1S/C10H13F6N3O/c1-2-4-17-5-3-6-18-19-8(20-6)7(9(11,12)13)10(14,15)16/h7,17H,2-5H2,1H3. The van der Waals surface area contributed by atoms with E-state index in [0.29, 0.717) is 13.1 Å². The highest BCUT2D eigenvalue weighted by molar-refractivity contribution is 5.00. The van der Waals surface area contributed by atoms with Gasteiger partial charge < -0.3 is 9.73 Å². The summed E-state index contributed by atoms with van der Waals surface area (Å²) in [5.41, 5.74) is 0. The van der Waals surface area contributed by atoms with E-state index in [1.54, 1.807) is 0 Å². The zero-order valence-corrected chi connectivity index (χ0v) is 10.5. The lowest BCUT2D eigenvalue weighted by molar-refractivity contribution is -0.258. The molecular weight excluding hydrogens is 292 g/mol. The Morgan fingerprint density at radius 1 is 1.05 bits per heavy atom. The van der Waals surface area contributed by atoms with Crippen LogP contribution in [0.2, 0.25) is 0 Å². The molecule has 0 aliphatic heterocycles. The maximum Gasteiger partial charge on any atom is 0.409 e. The van der Waals surface area contributed by atoms with Gasteiger partial charge in [0.1, 0.15) is 0 Å². The van der Waals surface area contributed by atoms with E-state index in [4.69, 9.17) is 0 Å². The first-order valence-corrected chi connectivity index (χ1v) is 5.82. The third-order valence-electron chi connectivity index (χ3n) is 2.33. The topological polar surface area (TPSA) is 51.0 Å². The van der Waals surface area contributed by atoms with E-state index in [9.17, 15) is 26.3 Å². The van der Waals surface area contributed by atoms with Crippen LogP contribution in [-0.4, -0.2) is 35.6 Å². The summed E-state index contributed by atoms with van der Waals surface area (Å²) >= 11 is 0. The molecule has 20 heavy (non-hydrogen) atoms. The molecule has 0 aromatic carbocycles. The molecule has 10 heteroatoms. The lowest BCUT2D eigenvalue weighted by Gasteiger charge is -2.19. The molecule has 4 nitrogen and oxygen atoms in total. The van der Waals surface area contributed by atoms with Crippen LogP contribution in [0.15, 0.2) is 4.42 Å². The van der Waals surface area contributed by atoms with E-state index in [0.717, 1.165) is 6.42 Å². The van der Waals surface area contributed by atoms with E-state index in [2.05, 4.69) is 19.9 Å². The largest absolute Gasteiger partial charge is 0.424 e. The fourth-order valence-electron chi connectivity index (χ4n) is 1.45. The molecule has 0 saturated heterocycles. The molecule has 0 amide bonds. The van der Waals surface area contributed by atoms with Crippen molar-refractivity contribution in [2.45, 2.75) is 38.0 Å². The van der Waals surface area contributed by atoms with Gasteiger partial charge >= 0.3 is 12.4 Å². The van der Waals surface area contributed by atoms with Crippen molar-refractivity contribution in [3.05, 3.63) is 11.8 Å². The second-order valence-electron chi connectivity index (χ2n) is 4.05. The van der Waals surface area contributed by atoms with Crippen LogP contribution in [0.4, 0.5) is 26.3 Å². The molecule has 0 aliphatic rings. The molecule has 0 fully saturated rings. The molecule has 1 N–H and O–H groups in total. The molecule has 0 radical (unpaired) electrons. The maximum absolute atomic E-state index is 12.4. The molecule has 0 unspecified atom stereocenters. The van der Waals surface area contributed by atoms with Gasteiger partial charge in [0.15, 0.2) is 0 Å². The van der Waals surface area contributed by atoms with E-state index in [1.165, 1.54) is 0 Å². The Kier molecular flexibility index (Phi) is 5.37. The van der Waals surface area contributed by atoms with Crippen molar-refractivity contribution in [2.24, 2.45) is 0 Å². The van der Waals surface area contributed by atoms with E-state index >= 15 is 0 Å². The highest BCUT2D eigenvalue weighted by atomic mass is 19.4. The van der Waals surface area contributed by atoms with Crippen LogP contribution < -0.4 is 5.32 Å². The number of hydrogen-bond acceptors (Lipinski definition) is 4. The minimum Gasteiger partial charge on any atom is -0.424 e. The number of hydrogen-bond donors (Lipinski definition) is 1. The summed E-state index contributed by atoms with van der Waals surface area (Å²) in [6.07, 6.45) is -10.1. The van der Waals surface area contributed by atoms with Gasteiger partial charge in [0, 0.05) is 13.0 Å². The molecule has 1 rings (SSSR count). The summed E-state index contributed by atoms with van der Waals surface area (Å²) in [7, 11) is 0. The Labute approximate surface area is 110 Å². The number of aromatic nitrogens is 2. The van der Waals surface area contributed by atoms with Crippen molar-refractivity contribution in [3.8, 4) is 0 Å².